The van der Waals surface area contributed by atoms with Crippen LogP contribution < -0.4 is 20.0 Å². The summed E-state index contributed by atoms with van der Waals surface area (Å²) < 4.78 is 0. The predicted molar refractivity (Wildman–Crippen MR) is 475 cm³/mol. The quantitative estimate of drug-likeness (QED) is 0.122. The topological polar surface area (TPSA) is 198 Å². The number of likely N-dealkylation sites (N-methyl/N-ethyl adjacent to an activating group) is 6. The molecule has 5 amide bonds. The van der Waals surface area contributed by atoms with E-state index < -0.39 is 33.2 Å². The molecule has 6 saturated heterocycles. The van der Waals surface area contributed by atoms with Crippen LogP contribution in [0.3, 0.4) is 0 Å². The normalized spacial score (nSPS) is 27.4. The zero-order valence-electron chi connectivity index (χ0n) is 78.7. The molecule has 0 bridgehead atoms. The van der Waals surface area contributed by atoms with E-state index in [1.165, 1.54) is 51.4 Å². The van der Waals surface area contributed by atoms with Gasteiger partial charge < -0.3 is 44.5 Å². The Hall–Kier alpha value is -4.85. The third-order valence-corrected chi connectivity index (χ3v) is 31.3. The number of likely N-dealkylation sites (tertiary alicyclic amines) is 1. The Kier molecular flexibility index (Phi) is 30.2. The third kappa shape index (κ3) is 20.4. The monoisotopic (exact) mass is 1620 g/mol. The Morgan fingerprint density at radius 1 is 0.319 bits per heavy atom. The highest BCUT2D eigenvalue weighted by Gasteiger charge is 2.55. The molecule has 1 atom stereocenters. The van der Waals surface area contributed by atoms with Gasteiger partial charge in [-0.25, -0.2) is 0 Å². The van der Waals surface area contributed by atoms with Crippen LogP contribution >= 0.6 is 0 Å². The van der Waals surface area contributed by atoms with Crippen molar-refractivity contribution in [3.63, 3.8) is 0 Å². The first-order valence-corrected chi connectivity index (χ1v) is 45.2. The first-order valence-electron chi connectivity index (χ1n) is 45.2. The molecule has 0 aromatic carbocycles. The number of carbonyl (C=O) groups is 6. The number of aromatic nitrogens is 3. The van der Waals surface area contributed by atoms with Crippen molar-refractivity contribution in [2.24, 2.45) is 5.92 Å². The Labute approximate surface area is 706 Å². The highest BCUT2D eigenvalue weighted by Crippen LogP contribution is 2.43. The molecule has 4 aliphatic carbocycles. The molecule has 1 unspecified atom stereocenters. The fraction of sp³-hybridized carbons (Fsp3) is 0.902. The summed E-state index contributed by atoms with van der Waals surface area (Å²) in [7, 11) is 12.4. The zero-order chi connectivity index (χ0) is 85.7. The summed E-state index contributed by atoms with van der Waals surface area (Å²) in [6.45, 7) is 59.7. The van der Waals surface area contributed by atoms with E-state index in [-0.39, 0.29) is 94.2 Å². The third-order valence-electron chi connectivity index (χ3n) is 31.3. The van der Waals surface area contributed by atoms with E-state index in [9.17, 15) is 28.8 Å². The molecule has 24 heteroatoms. The molecule has 4 saturated carbocycles. The van der Waals surface area contributed by atoms with E-state index in [1.54, 1.807) is 0 Å². The largest absolute Gasteiger partial charge is 0.338 e. The van der Waals surface area contributed by atoms with Gasteiger partial charge >= 0.3 is 0 Å². The Bertz CT molecular complexity index is 3370. The van der Waals surface area contributed by atoms with E-state index in [4.69, 9.17) is 15.0 Å². The van der Waals surface area contributed by atoms with E-state index in [2.05, 4.69) is 217 Å². The van der Waals surface area contributed by atoms with Crippen molar-refractivity contribution in [1.82, 2.24) is 74.2 Å². The van der Waals surface area contributed by atoms with Crippen molar-refractivity contribution in [3.05, 3.63) is 0 Å². The number of rotatable bonds is 21. The van der Waals surface area contributed by atoms with Gasteiger partial charge in [-0.05, 0) is 273 Å². The van der Waals surface area contributed by atoms with Gasteiger partial charge in [0, 0.05) is 142 Å². The summed E-state index contributed by atoms with van der Waals surface area (Å²) in [6.07, 6.45) is 25.0. The second kappa shape index (κ2) is 36.3. The number of piperidine rings is 1. The molecule has 1 N–H and O–H groups in total. The number of nitrogens with zero attached hydrogens (tertiary/aromatic N) is 17. The lowest BCUT2D eigenvalue weighted by molar-refractivity contribution is -0.162. The summed E-state index contributed by atoms with van der Waals surface area (Å²) in [5.41, 5.74) is -4.05. The number of Topliss-reactive ketones (excluding diaryl/α,β-unsaturated/α-hetero) is 1. The van der Waals surface area contributed by atoms with Crippen LogP contribution in [-0.2, 0) is 28.8 Å². The van der Waals surface area contributed by atoms with Crippen LogP contribution in [0.5, 0.6) is 0 Å². The number of hydrogen-bond acceptors (Lipinski definition) is 19. The molecule has 10 aliphatic rings. The zero-order valence-corrected chi connectivity index (χ0v) is 78.7. The van der Waals surface area contributed by atoms with E-state index in [1.807, 2.05) is 65.4 Å². The first kappa shape index (κ1) is 96.6. The number of ketones is 1. The molecule has 664 valence electrons. The summed E-state index contributed by atoms with van der Waals surface area (Å²) in [4.78, 5) is 130. The second-order valence-corrected chi connectivity index (χ2v) is 43.9. The van der Waals surface area contributed by atoms with Gasteiger partial charge in [-0.1, -0.05) is 84.5 Å². The van der Waals surface area contributed by atoms with Crippen LogP contribution in [0, 0.1) is 5.92 Å². The first-order chi connectivity index (χ1) is 53.0. The lowest BCUT2D eigenvalue weighted by Crippen LogP contribution is -2.72. The molecule has 7 heterocycles. The molecule has 10 fully saturated rings. The molecule has 116 heavy (non-hydrogen) atoms. The summed E-state index contributed by atoms with van der Waals surface area (Å²) in [5.74, 6) is 3.08. The molecular weight excluding hydrogens is 1450 g/mol. The van der Waals surface area contributed by atoms with Crippen LogP contribution in [0.25, 0.3) is 0 Å². The minimum absolute atomic E-state index is 0. The molecular formula is C92H170N18O6. The highest BCUT2D eigenvalue weighted by molar-refractivity contribution is 5.91. The van der Waals surface area contributed by atoms with E-state index >= 15 is 0 Å². The van der Waals surface area contributed by atoms with Crippen LogP contribution in [-0.4, -0.2) is 322 Å². The van der Waals surface area contributed by atoms with Gasteiger partial charge in [-0.2, -0.15) is 15.0 Å². The van der Waals surface area contributed by atoms with Crippen molar-refractivity contribution in [2.45, 2.75) is 405 Å². The number of nitrogens with one attached hydrogen (secondary N) is 1. The summed E-state index contributed by atoms with van der Waals surface area (Å²) >= 11 is 0. The molecule has 24 nitrogen and oxygen atoms in total. The second-order valence-electron chi connectivity index (χ2n) is 43.9. The van der Waals surface area contributed by atoms with Crippen molar-refractivity contribution >= 4 is 53.2 Å². The van der Waals surface area contributed by atoms with Gasteiger partial charge in [-0.3, -0.25) is 58.2 Å². The molecule has 0 radical (unpaired) electrons. The van der Waals surface area contributed by atoms with Crippen molar-refractivity contribution in [1.29, 1.82) is 0 Å². The van der Waals surface area contributed by atoms with Crippen LogP contribution in [0.1, 0.15) is 315 Å². The van der Waals surface area contributed by atoms with Gasteiger partial charge in [-0.15, -0.1) is 0 Å². The number of hydrogen-bond donors (Lipinski definition) is 1. The minimum Gasteiger partial charge on any atom is -0.338 e. The smallest absolute Gasteiger partial charge is 0.244 e. The van der Waals surface area contributed by atoms with Crippen molar-refractivity contribution < 1.29 is 28.8 Å². The summed E-state index contributed by atoms with van der Waals surface area (Å²) in [6, 6.07) is 1.31. The van der Waals surface area contributed by atoms with Crippen LogP contribution in [0.15, 0.2) is 0 Å². The molecule has 0 spiro atoms. The maximum absolute atomic E-state index is 14.6. The van der Waals surface area contributed by atoms with Gasteiger partial charge in [0.15, 0.2) is 5.78 Å². The van der Waals surface area contributed by atoms with E-state index in [0.29, 0.717) is 95.2 Å². The lowest BCUT2D eigenvalue weighted by atomic mass is 9.72. The fourth-order valence-electron chi connectivity index (χ4n) is 21.8. The van der Waals surface area contributed by atoms with Crippen molar-refractivity contribution in [3.8, 4) is 0 Å². The van der Waals surface area contributed by atoms with Crippen LogP contribution in [0.2, 0.25) is 0 Å². The number of carbonyl (C=O) groups excluding carboxylic acids is 6. The van der Waals surface area contributed by atoms with Gasteiger partial charge in [0.25, 0.3) is 0 Å². The number of anilines is 3. The SMILES string of the molecule is C.CN1C(C)(C)CC(CCN(c2nc(N(CCN3CC(C)(C)N(C)C(C)(C)C3=O)C3CCCCC3)nc(N(CN3CC(C)(C)N(C)C(C)(C)C3=O)C3CCCCC3)n2)C2CCCCC2)C(=O)C1(C)C.CN1C(C)(C)CN(CCN2CC(C)(C)N(C)C(C)(C)C2=O)C(=O)C1(C)C.CN1C(C)(C)CN(CCNC2CCCCC2)C(=O)C1(C)C. The molecule has 1 aromatic heterocycles. The van der Waals surface area contributed by atoms with E-state index in [0.717, 1.165) is 110 Å². The molecule has 6 aliphatic heterocycles. The standard InChI is InChI=1S/C54H95N11O3.C20H38N4O2.C17H33N3O.CH4/c1-49(2)35-39(43(66)52(7,8)58(49)13)31-32-63(40-25-19-16-20-26-40)46-55-47(64(41-27-21-17-22-28-41)34-33-61-36-50(3,4)59(14)53(9,10)44(61)67)57-48(56-46)65(42-29-23-18-24-30-42)38-62-37-51(5,6)60(15)54(11,12)45(62)68;1-17(2)13-23(15(25)19(5,6)21(17)9)11-12-24-14-18(3,4)22(10)20(7,8)16(24)26;1-16(2)13-20(15(21)17(3,4)19(16)5)12-11-18-14-9-7-6-8-10-14;/h39-42H,16-38H2,1-15H3;11-14H2,1-10H3;14,18H,6-13H2,1-5H3;1H4. The average molecular weight is 1620 g/mol. The Morgan fingerprint density at radius 3 is 0.931 bits per heavy atom. The predicted octanol–water partition coefficient (Wildman–Crippen LogP) is 12.9. The minimum atomic E-state index is -0.677. The van der Waals surface area contributed by atoms with Gasteiger partial charge in [0.2, 0.25) is 47.4 Å². The lowest BCUT2D eigenvalue weighted by Gasteiger charge is -2.55. The number of piperazine rings is 5. The van der Waals surface area contributed by atoms with Crippen LogP contribution in [0.4, 0.5) is 17.8 Å². The fourth-order valence-corrected chi connectivity index (χ4v) is 21.8. The van der Waals surface area contributed by atoms with Gasteiger partial charge in [0.05, 0.1) is 39.9 Å². The maximum Gasteiger partial charge on any atom is 0.244 e. The Morgan fingerprint density at radius 2 is 0.586 bits per heavy atom. The average Bonchev–Trinajstić information content (AvgIpc) is 0.752. The molecule has 11 rings (SSSR count). The maximum atomic E-state index is 14.6. The van der Waals surface area contributed by atoms with Gasteiger partial charge in [0.1, 0.15) is 0 Å². The summed E-state index contributed by atoms with van der Waals surface area (Å²) in [5, 5.41) is 3.65. The highest BCUT2D eigenvalue weighted by atomic mass is 16.2. The molecule has 1 aromatic rings. The Balaban J connectivity index is 0.000000283. The van der Waals surface area contributed by atoms with Crippen molar-refractivity contribution in [2.75, 3.05) is 142 Å². The number of amides is 5.